The fraction of sp³-hybridized carbons (Fsp3) is 0.667. The van der Waals surface area contributed by atoms with E-state index in [4.69, 9.17) is 4.74 Å². The van der Waals surface area contributed by atoms with E-state index in [0.29, 0.717) is 6.61 Å². The highest BCUT2D eigenvalue weighted by molar-refractivity contribution is 8.00. The summed E-state index contributed by atoms with van der Waals surface area (Å²) in [5.74, 6) is 1.04. The molecule has 5 nitrogen and oxygen atoms in total. The Bertz CT molecular complexity index is 468. The van der Waals surface area contributed by atoms with Crippen molar-refractivity contribution in [2.45, 2.75) is 37.9 Å². The molecule has 0 unspecified atom stereocenters. The minimum absolute atomic E-state index is 0.209. The molecule has 0 atom stereocenters. The molecule has 22 heavy (non-hydrogen) atoms. The van der Waals surface area contributed by atoms with Gasteiger partial charge in [0.25, 0.3) is 0 Å². The predicted molar refractivity (Wildman–Crippen MR) is 92.6 cm³/mol. The summed E-state index contributed by atoms with van der Waals surface area (Å²) in [5.41, 5.74) is 0.923. The van der Waals surface area contributed by atoms with Gasteiger partial charge in [0.2, 0.25) is 0 Å². The zero-order valence-corrected chi connectivity index (χ0v) is 15.4. The van der Waals surface area contributed by atoms with Crippen molar-refractivity contribution in [3.05, 3.63) is 11.8 Å². The van der Waals surface area contributed by atoms with Gasteiger partial charge in [-0.1, -0.05) is 37.4 Å². The van der Waals surface area contributed by atoms with E-state index < -0.39 is 0 Å². The van der Waals surface area contributed by atoms with Gasteiger partial charge in [0.05, 0.1) is 12.4 Å². The summed E-state index contributed by atoms with van der Waals surface area (Å²) in [6.45, 7) is 11.7. The number of hydrogen-bond donors (Lipinski definition) is 0. The van der Waals surface area contributed by atoms with Crippen molar-refractivity contribution >= 4 is 29.5 Å². The lowest BCUT2D eigenvalue weighted by Gasteiger charge is -2.17. The van der Waals surface area contributed by atoms with Gasteiger partial charge in [0.15, 0.2) is 5.16 Å². The Morgan fingerprint density at radius 2 is 1.95 bits per heavy atom. The average Bonchev–Trinajstić information content (AvgIpc) is 2.49. The van der Waals surface area contributed by atoms with Crippen LogP contribution < -0.4 is 0 Å². The number of hydrogen-bond acceptors (Lipinski definition) is 7. The minimum atomic E-state index is -0.209. The van der Waals surface area contributed by atoms with E-state index in [-0.39, 0.29) is 11.7 Å². The van der Waals surface area contributed by atoms with Crippen molar-refractivity contribution in [3.63, 3.8) is 0 Å². The average molecular weight is 344 g/mol. The van der Waals surface area contributed by atoms with Crippen LogP contribution in [-0.4, -0.2) is 58.6 Å². The van der Waals surface area contributed by atoms with Crippen molar-refractivity contribution in [1.82, 2.24) is 14.9 Å². The van der Waals surface area contributed by atoms with Gasteiger partial charge >= 0.3 is 5.97 Å². The summed E-state index contributed by atoms with van der Waals surface area (Å²) in [5, 5.41) is 1.60. The van der Waals surface area contributed by atoms with Crippen molar-refractivity contribution in [1.29, 1.82) is 0 Å². The van der Waals surface area contributed by atoms with Crippen LogP contribution in [0.3, 0.4) is 0 Å². The van der Waals surface area contributed by atoms with Crippen molar-refractivity contribution in [2.75, 3.05) is 37.7 Å². The number of aryl methyl sites for hydroxylation is 1. The summed E-state index contributed by atoms with van der Waals surface area (Å²) >= 11 is 3.06. The SMILES string of the molecule is CCOC(=O)CSc1cc(C)nc(SCCN(CC)CC)n1. The summed E-state index contributed by atoms with van der Waals surface area (Å²) in [4.78, 5) is 22.7. The Kier molecular flexibility index (Phi) is 9.50. The molecule has 124 valence electrons. The molecule has 1 aromatic rings. The minimum Gasteiger partial charge on any atom is -0.465 e. The number of aromatic nitrogens is 2. The van der Waals surface area contributed by atoms with Gasteiger partial charge in [0, 0.05) is 18.0 Å². The number of ether oxygens (including phenoxy) is 1. The maximum absolute atomic E-state index is 11.4. The van der Waals surface area contributed by atoms with Crippen LogP contribution in [0.5, 0.6) is 0 Å². The van der Waals surface area contributed by atoms with Gasteiger partial charge in [-0.15, -0.1) is 0 Å². The normalized spacial score (nSPS) is 11.0. The maximum atomic E-state index is 11.4. The molecule has 0 aliphatic heterocycles. The first-order valence-electron chi connectivity index (χ1n) is 7.58. The maximum Gasteiger partial charge on any atom is 0.316 e. The van der Waals surface area contributed by atoms with Crippen LogP contribution in [0.15, 0.2) is 16.2 Å². The molecule has 0 aromatic carbocycles. The Hall–Kier alpha value is -0.790. The molecule has 0 aliphatic carbocycles. The number of rotatable bonds is 10. The first-order chi connectivity index (χ1) is 10.6. The second kappa shape index (κ2) is 10.9. The lowest BCUT2D eigenvalue weighted by molar-refractivity contribution is -0.139. The third-order valence-corrected chi connectivity index (χ3v) is 4.70. The first kappa shape index (κ1) is 19.3. The van der Waals surface area contributed by atoms with Crippen LogP contribution >= 0.6 is 23.5 Å². The highest BCUT2D eigenvalue weighted by atomic mass is 32.2. The second-order valence-electron chi connectivity index (χ2n) is 4.60. The van der Waals surface area contributed by atoms with Gasteiger partial charge < -0.3 is 9.64 Å². The molecule has 0 fully saturated rings. The van der Waals surface area contributed by atoms with Crippen LogP contribution in [0.4, 0.5) is 0 Å². The zero-order valence-electron chi connectivity index (χ0n) is 13.8. The van der Waals surface area contributed by atoms with E-state index in [2.05, 4.69) is 28.7 Å². The number of esters is 1. The Labute approximate surface area is 141 Å². The van der Waals surface area contributed by atoms with E-state index in [9.17, 15) is 4.79 Å². The molecule has 0 radical (unpaired) electrons. The van der Waals surface area contributed by atoms with Gasteiger partial charge in [-0.25, -0.2) is 9.97 Å². The van der Waals surface area contributed by atoms with Crippen LogP contribution in [0.1, 0.15) is 26.5 Å². The molecular formula is C15H25N3O2S2. The molecule has 7 heteroatoms. The molecule has 0 spiro atoms. The van der Waals surface area contributed by atoms with Crippen molar-refractivity contribution < 1.29 is 9.53 Å². The van der Waals surface area contributed by atoms with E-state index >= 15 is 0 Å². The van der Waals surface area contributed by atoms with Crippen LogP contribution in [0.25, 0.3) is 0 Å². The number of carbonyl (C=O) groups is 1. The van der Waals surface area contributed by atoms with Crippen LogP contribution in [0.2, 0.25) is 0 Å². The second-order valence-corrected chi connectivity index (χ2v) is 6.66. The molecule has 0 N–H and O–H groups in total. The lowest BCUT2D eigenvalue weighted by atomic mass is 10.5. The highest BCUT2D eigenvalue weighted by Gasteiger charge is 2.08. The number of thioether (sulfide) groups is 2. The molecule has 0 amide bonds. The van der Waals surface area contributed by atoms with Gasteiger partial charge in [0.1, 0.15) is 5.03 Å². The van der Waals surface area contributed by atoms with E-state index in [1.807, 2.05) is 19.9 Å². The predicted octanol–water partition coefficient (Wildman–Crippen LogP) is 2.87. The molecule has 1 aromatic heterocycles. The molecular weight excluding hydrogens is 318 g/mol. The zero-order chi connectivity index (χ0) is 16.4. The topological polar surface area (TPSA) is 55.3 Å². The molecule has 0 bridgehead atoms. The standard InChI is InChI=1S/C15H25N3O2S2/c1-5-18(6-2)8-9-21-15-16-12(4)10-13(17-15)22-11-14(19)20-7-3/h10H,5-9,11H2,1-4H3. The summed E-state index contributed by atoms with van der Waals surface area (Å²) in [6, 6.07) is 1.90. The van der Waals surface area contributed by atoms with Gasteiger partial charge in [-0.2, -0.15) is 0 Å². The molecule has 0 saturated heterocycles. The molecule has 1 heterocycles. The van der Waals surface area contributed by atoms with Gasteiger partial charge in [-0.05, 0) is 33.0 Å². The third-order valence-electron chi connectivity index (χ3n) is 2.99. The summed E-state index contributed by atoms with van der Waals surface area (Å²) < 4.78 is 4.93. The number of nitrogens with zero attached hydrogens (tertiary/aromatic N) is 3. The first-order valence-corrected chi connectivity index (χ1v) is 9.55. The van der Waals surface area contributed by atoms with Gasteiger partial charge in [-0.3, -0.25) is 4.79 Å². The largest absolute Gasteiger partial charge is 0.465 e. The monoisotopic (exact) mass is 343 g/mol. The van der Waals surface area contributed by atoms with E-state index in [1.54, 1.807) is 11.8 Å². The fourth-order valence-corrected chi connectivity index (χ4v) is 3.51. The highest BCUT2D eigenvalue weighted by Crippen LogP contribution is 2.21. The molecule has 1 rings (SSSR count). The summed E-state index contributed by atoms with van der Waals surface area (Å²) in [7, 11) is 0. The Morgan fingerprint density at radius 1 is 1.23 bits per heavy atom. The summed E-state index contributed by atoms with van der Waals surface area (Å²) in [6.07, 6.45) is 0. The lowest BCUT2D eigenvalue weighted by Crippen LogP contribution is -2.25. The van der Waals surface area contributed by atoms with E-state index in [0.717, 1.165) is 41.3 Å². The third kappa shape index (κ3) is 7.47. The van der Waals surface area contributed by atoms with Crippen LogP contribution in [0, 0.1) is 6.92 Å². The number of carbonyl (C=O) groups excluding carboxylic acids is 1. The molecule has 0 saturated carbocycles. The Balaban J connectivity index is 2.52. The van der Waals surface area contributed by atoms with Crippen LogP contribution in [-0.2, 0) is 9.53 Å². The van der Waals surface area contributed by atoms with Crippen molar-refractivity contribution in [3.8, 4) is 0 Å². The molecule has 0 aliphatic rings. The Morgan fingerprint density at radius 3 is 2.59 bits per heavy atom. The fourth-order valence-electron chi connectivity index (χ4n) is 1.79. The van der Waals surface area contributed by atoms with Crippen molar-refractivity contribution in [2.24, 2.45) is 0 Å². The quantitative estimate of drug-likeness (QED) is 0.280. The van der Waals surface area contributed by atoms with E-state index in [1.165, 1.54) is 11.8 Å². The smallest absolute Gasteiger partial charge is 0.316 e.